The van der Waals surface area contributed by atoms with E-state index in [1.54, 1.807) is 0 Å². The Morgan fingerprint density at radius 3 is 2.93 bits per heavy atom. The molecule has 2 rings (SSSR count). The smallest absolute Gasteiger partial charge is 0.172 e. The van der Waals surface area contributed by atoms with E-state index in [9.17, 15) is 4.79 Å². The maximum Gasteiger partial charge on any atom is 0.172 e. The molecule has 0 aliphatic heterocycles. The third-order valence-electron chi connectivity index (χ3n) is 2.13. The summed E-state index contributed by atoms with van der Waals surface area (Å²) in [5, 5.41) is 0.978. The number of hydrogen-bond acceptors (Lipinski definition) is 3. The largest absolute Gasteiger partial charge is 0.491 e. The summed E-state index contributed by atoms with van der Waals surface area (Å²) in [4.78, 5) is 15.0. The molecule has 1 aromatic heterocycles. The monoisotopic (exact) mass is 201 g/mol. The summed E-state index contributed by atoms with van der Waals surface area (Å²) in [6, 6.07) is 9.48. The molecule has 3 nitrogen and oxygen atoms in total. The zero-order chi connectivity index (χ0) is 10.7. The SMILES string of the molecule is CCOc1cc2ccccc2nc1C=O. The average molecular weight is 201 g/mol. The molecular weight excluding hydrogens is 190 g/mol. The number of aromatic nitrogens is 1. The van der Waals surface area contributed by atoms with Gasteiger partial charge in [-0.1, -0.05) is 18.2 Å². The minimum Gasteiger partial charge on any atom is -0.491 e. The van der Waals surface area contributed by atoms with Crippen molar-refractivity contribution in [3.8, 4) is 5.75 Å². The predicted octanol–water partition coefficient (Wildman–Crippen LogP) is 2.45. The number of aldehydes is 1. The first-order valence-electron chi connectivity index (χ1n) is 4.83. The first-order valence-corrected chi connectivity index (χ1v) is 4.83. The van der Waals surface area contributed by atoms with Crippen molar-refractivity contribution < 1.29 is 9.53 Å². The second-order valence-corrected chi connectivity index (χ2v) is 3.12. The van der Waals surface area contributed by atoms with E-state index in [0.717, 1.165) is 17.2 Å². The van der Waals surface area contributed by atoms with Crippen molar-refractivity contribution in [3.63, 3.8) is 0 Å². The summed E-state index contributed by atoms with van der Waals surface area (Å²) in [7, 11) is 0. The van der Waals surface area contributed by atoms with E-state index in [4.69, 9.17) is 4.74 Å². The van der Waals surface area contributed by atoms with Crippen molar-refractivity contribution >= 4 is 17.2 Å². The van der Waals surface area contributed by atoms with Gasteiger partial charge in [-0.15, -0.1) is 0 Å². The molecule has 3 heteroatoms. The molecular formula is C12H11NO2. The summed E-state index contributed by atoms with van der Waals surface area (Å²) in [6.45, 7) is 2.41. The van der Waals surface area contributed by atoms with E-state index in [-0.39, 0.29) is 0 Å². The van der Waals surface area contributed by atoms with E-state index in [1.807, 2.05) is 37.3 Å². The summed E-state index contributed by atoms with van der Waals surface area (Å²) in [6.07, 6.45) is 0.720. The maximum absolute atomic E-state index is 10.8. The van der Waals surface area contributed by atoms with Crippen LogP contribution in [0, 0.1) is 0 Å². The van der Waals surface area contributed by atoms with Gasteiger partial charge < -0.3 is 4.74 Å². The van der Waals surface area contributed by atoms with Crippen LogP contribution >= 0.6 is 0 Å². The number of nitrogens with zero attached hydrogens (tertiary/aromatic N) is 1. The third kappa shape index (κ3) is 1.81. The predicted molar refractivity (Wildman–Crippen MR) is 58.3 cm³/mol. The Morgan fingerprint density at radius 2 is 2.20 bits per heavy atom. The number of ether oxygens (including phenoxy) is 1. The molecule has 0 saturated heterocycles. The first-order chi connectivity index (χ1) is 7.35. The van der Waals surface area contributed by atoms with Gasteiger partial charge in [-0.25, -0.2) is 4.98 Å². The van der Waals surface area contributed by atoms with Crippen LogP contribution in [0.2, 0.25) is 0 Å². The van der Waals surface area contributed by atoms with Crippen molar-refractivity contribution in [1.29, 1.82) is 0 Å². The lowest BCUT2D eigenvalue weighted by atomic mass is 10.2. The highest BCUT2D eigenvalue weighted by Crippen LogP contribution is 2.21. The van der Waals surface area contributed by atoms with Crippen molar-refractivity contribution in [2.45, 2.75) is 6.92 Å². The number of hydrogen-bond donors (Lipinski definition) is 0. The molecule has 1 aromatic carbocycles. The van der Waals surface area contributed by atoms with Crippen molar-refractivity contribution in [2.24, 2.45) is 0 Å². The van der Waals surface area contributed by atoms with Gasteiger partial charge in [-0.05, 0) is 19.1 Å². The Kier molecular flexibility index (Phi) is 2.63. The molecule has 0 saturated carbocycles. The Labute approximate surface area is 87.7 Å². The van der Waals surface area contributed by atoms with E-state index in [1.165, 1.54) is 0 Å². The normalized spacial score (nSPS) is 10.2. The van der Waals surface area contributed by atoms with Crippen molar-refractivity contribution in [1.82, 2.24) is 4.98 Å². The van der Waals surface area contributed by atoms with Crippen LogP contribution in [0.4, 0.5) is 0 Å². The molecule has 0 bridgehead atoms. The van der Waals surface area contributed by atoms with Crippen LogP contribution in [0.1, 0.15) is 17.4 Å². The quantitative estimate of drug-likeness (QED) is 0.716. The lowest BCUT2D eigenvalue weighted by Crippen LogP contribution is -1.98. The van der Waals surface area contributed by atoms with Gasteiger partial charge in [0.2, 0.25) is 0 Å². The van der Waals surface area contributed by atoms with Gasteiger partial charge in [0.1, 0.15) is 11.4 Å². The number of rotatable bonds is 3. The molecule has 1 heterocycles. The fourth-order valence-corrected chi connectivity index (χ4v) is 1.47. The average Bonchev–Trinajstić information content (AvgIpc) is 2.28. The second-order valence-electron chi connectivity index (χ2n) is 3.12. The maximum atomic E-state index is 10.8. The summed E-state index contributed by atoms with van der Waals surface area (Å²) in [5.74, 6) is 0.547. The molecule has 0 spiro atoms. The molecule has 0 aliphatic carbocycles. The lowest BCUT2D eigenvalue weighted by Gasteiger charge is -2.06. The highest BCUT2D eigenvalue weighted by molar-refractivity contribution is 5.86. The molecule has 76 valence electrons. The van der Waals surface area contributed by atoms with Crippen molar-refractivity contribution in [2.75, 3.05) is 6.61 Å². The standard InChI is InChI=1S/C12H11NO2/c1-2-15-12-7-9-5-3-4-6-10(9)13-11(12)8-14/h3-8H,2H2,1H3. The minimum atomic E-state index is 0.357. The van der Waals surface area contributed by atoms with E-state index in [2.05, 4.69) is 4.98 Å². The number of benzene rings is 1. The summed E-state index contributed by atoms with van der Waals surface area (Å²) >= 11 is 0. The molecule has 0 atom stereocenters. The third-order valence-corrected chi connectivity index (χ3v) is 2.13. The molecule has 0 N–H and O–H groups in total. The van der Waals surface area contributed by atoms with Crippen LogP contribution in [-0.4, -0.2) is 17.9 Å². The van der Waals surface area contributed by atoms with Gasteiger partial charge in [-0.2, -0.15) is 0 Å². The molecule has 0 unspecified atom stereocenters. The number of para-hydroxylation sites is 1. The second kappa shape index (κ2) is 4.09. The van der Waals surface area contributed by atoms with E-state index >= 15 is 0 Å². The van der Waals surface area contributed by atoms with Gasteiger partial charge in [0.05, 0.1) is 12.1 Å². The van der Waals surface area contributed by atoms with Gasteiger partial charge in [0, 0.05) is 5.39 Å². The van der Waals surface area contributed by atoms with Crippen molar-refractivity contribution in [3.05, 3.63) is 36.0 Å². The van der Waals surface area contributed by atoms with Gasteiger partial charge in [-0.3, -0.25) is 4.79 Å². The fraction of sp³-hybridized carbons (Fsp3) is 0.167. The van der Waals surface area contributed by atoms with Crippen LogP contribution in [0.25, 0.3) is 10.9 Å². The van der Waals surface area contributed by atoms with E-state index in [0.29, 0.717) is 18.1 Å². The first kappa shape index (κ1) is 9.65. The van der Waals surface area contributed by atoms with Gasteiger partial charge in [0.15, 0.2) is 6.29 Å². The van der Waals surface area contributed by atoms with Crippen LogP contribution < -0.4 is 4.74 Å². The van der Waals surface area contributed by atoms with Gasteiger partial charge in [0.25, 0.3) is 0 Å². The minimum absolute atomic E-state index is 0.357. The van der Waals surface area contributed by atoms with Crippen LogP contribution in [0.15, 0.2) is 30.3 Å². The topological polar surface area (TPSA) is 39.2 Å². The highest BCUT2D eigenvalue weighted by Gasteiger charge is 2.06. The van der Waals surface area contributed by atoms with E-state index < -0.39 is 0 Å². The fourth-order valence-electron chi connectivity index (χ4n) is 1.47. The molecule has 0 aliphatic rings. The molecule has 0 radical (unpaired) electrons. The van der Waals surface area contributed by atoms with Crippen LogP contribution in [-0.2, 0) is 0 Å². The summed E-state index contributed by atoms with van der Waals surface area (Å²) in [5.41, 5.74) is 1.17. The highest BCUT2D eigenvalue weighted by atomic mass is 16.5. The molecule has 2 aromatic rings. The van der Waals surface area contributed by atoms with Crippen LogP contribution in [0.3, 0.4) is 0 Å². The van der Waals surface area contributed by atoms with Gasteiger partial charge >= 0.3 is 0 Å². The summed E-state index contributed by atoms with van der Waals surface area (Å²) < 4.78 is 5.34. The zero-order valence-corrected chi connectivity index (χ0v) is 8.43. The lowest BCUT2D eigenvalue weighted by molar-refractivity contribution is 0.111. The number of carbonyl (C=O) groups excluding carboxylic acids is 1. The zero-order valence-electron chi connectivity index (χ0n) is 8.43. The molecule has 0 amide bonds. The molecule has 0 fully saturated rings. The number of fused-ring (bicyclic) bond motifs is 1. The Morgan fingerprint density at radius 1 is 1.40 bits per heavy atom. The number of carbonyl (C=O) groups is 1. The number of pyridine rings is 1. The molecule has 15 heavy (non-hydrogen) atoms. The Bertz CT molecular complexity index is 494. The Hall–Kier alpha value is -1.90. The van der Waals surface area contributed by atoms with Crippen LogP contribution in [0.5, 0.6) is 5.75 Å². The Balaban J connectivity index is 2.63.